The Labute approximate surface area is 241 Å². The van der Waals surface area contributed by atoms with Gasteiger partial charge in [-0.25, -0.2) is 8.42 Å². The number of amides is 2. The van der Waals surface area contributed by atoms with Gasteiger partial charge in [-0.05, 0) is 62.9 Å². The van der Waals surface area contributed by atoms with E-state index in [1.807, 2.05) is 31.2 Å². The lowest BCUT2D eigenvalue weighted by atomic mass is 9.95. The van der Waals surface area contributed by atoms with Crippen molar-refractivity contribution in [3.8, 4) is 5.75 Å². The molecule has 3 rings (SSSR count). The van der Waals surface area contributed by atoms with Gasteiger partial charge in [0.15, 0.2) is 0 Å². The molecule has 1 aliphatic rings. The number of carbonyl (C=O) groups excluding carboxylic acids is 2. The highest BCUT2D eigenvalue weighted by Crippen LogP contribution is 2.30. The first-order chi connectivity index (χ1) is 18.6. The number of nitrogens with zero attached hydrogens (tertiary/aromatic N) is 2. The molecule has 0 aliphatic heterocycles. The summed E-state index contributed by atoms with van der Waals surface area (Å²) in [5.41, 5.74) is 1.35. The Hall–Kier alpha value is -2.59. The van der Waals surface area contributed by atoms with Crippen molar-refractivity contribution in [2.75, 3.05) is 23.7 Å². The third kappa shape index (κ3) is 9.24. The van der Waals surface area contributed by atoms with Gasteiger partial charge < -0.3 is 15.0 Å². The summed E-state index contributed by atoms with van der Waals surface area (Å²) >= 11 is 3.48. The first-order valence-electron chi connectivity index (χ1n) is 13.6. The minimum absolute atomic E-state index is 0.0951. The molecule has 0 radical (unpaired) electrons. The maximum Gasteiger partial charge on any atom is 0.242 e. The number of benzene rings is 2. The molecule has 0 bridgehead atoms. The summed E-state index contributed by atoms with van der Waals surface area (Å²) in [7, 11) is -3.62. The van der Waals surface area contributed by atoms with E-state index in [1.165, 1.54) is 10.7 Å². The molecule has 0 unspecified atom stereocenters. The largest absolute Gasteiger partial charge is 0.492 e. The molecule has 1 atom stereocenters. The van der Waals surface area contributed by atoms with Gasteiger partial charge in [0.25, 0.3) is 0 Å². The van der Waals surface area contributed by atoms with Crippen LogP contribution in [0, 0.1) is 0 Å². The number of para-hydroxylation sites is 2. The highest BCUT2D eigenvalue weighted by atomic mass is 79.9. The van der Waals surface area contributed by atoms with Crippen molar-refractivity contribution in [3.05, 3.63) is 58.6 Å². The Balaban J connectivity index is 1.74. The van der Waals surface area contributed by atoms with Crippen molar-refractivity contribution in [2.24, 2.45) is 0 Å². The van der Waals surface area contributed by atoms with E-state index in [2.05, 4.69) is 21.2 Å². The molecule has 1 N–H and O–H groups in total. The summed E-state index contributed by atoms with van der Waals surface area (Å²) in [6.07, 6.45) is 6.84. The van der Waals surface area contributed by atoms with Crippen molar-refractivity contribution in [3.63, 3.8) is 0 Å². The van der Waals surface area contributed by atoms with Crippen molar-refractivity contribution >= 4 is 43.5 Å². The molecule has 10 heteroatoms. The predicted molar refractivity (Wildman–Crippen MR) is 158 cm³/mol. The number of ether oxygens (including phenoxy) is 1. The minimum Gasteiger partial charge on any atom is -0.492 e. The summed E-state index contributed by atoms with van der Waals surface area (Å²) < 4.78 is 33.2. The first-order valence-corrected chi connectivity index (χ1v) is 16.3. The second kappa shape index (κ2) is 14.7. The molecular formula is C29H40BrN3O5S. The molecule has 0 spiro atoms. The normalized spacial score (nSPS) is 14.9. The number of nitrogens with one attached hydrogen (secondary N) is 1. The third-order valence-electron chi connectivity index (χ3n) is 6.95. The smallest absolute Gasteiger partial charge is 0.242 e. The molecule has 2 aromatic rings. The van der Waals surface area contributed by atoms with Gasteiger partial charge in [0, 0.05) is 30.0 Å². The molecule has 0 heterocycles. The lowest BCUT2D eigenvalue weighted by Gasteiger charge is -2.31. The van der Waals surface area contributed by atoms with Crippen LogP contribution in [0.15, 0.2) is 53.0 Å². The maximum atomic E-state index is 13.5. The van der Waals surface area contributed by atoms with E-state index in [0.29, 0.717) is 18.0 Å². The summed E-state index contributed by atoms with van der Waals surface area (Å²) in [5.74, 6) is 0.113. The molecule has 2 amide bonds. The monoisotopic (exact) mass is 621 g/mol. The Morgan fingerprint density at radius 3 is 2.49 bits per heavy atom. The third-order valence-corrected chi connectivity index (χ3v) is 8.62. The lowest BCUT2D eigenvalue weighted by molar-refractivity contribution is -0.141. The Bertz CT molecular complexity index is 1220. The second-order valence-electron chi connectivity index (χ2n) is 10.0. The van der Waals surface area contributed by atoms with Crippen molar-refractivity contribution < 1.29 is 22.7 Å². The first kappa shape index (κ1) is 30.9. The summed E-state index contributed by atoms with van der Waals surface area (Å²) in [4.78, 5) is 28.3. The van der Waals surface area contributed by atoms with Gasteiger partial charge >= 0.3 is 0 Å². The number of sulfonamides is 1. The fraction of sp³-hybridized carbons (Fsp3) is 0.517. The zero-order chi connectivity index (χ0) is 28.4. The van der Waals surface area contributed by atoms with Crippen LogP contribution in [0.4, 0.5) is 5.69 Å². The van der Waals surface area contributed by atoms with E-state index >= 15 is 0 Å². The number of hydrogen-bond donors (Lipinski definition) is 1. The van der Waals surface area contributed by atoms with Gasteiger partial charge in [0.2, 0.25) is 21.8 Å². The predicted octanol–water partition coefficient (Wildman–Crippen LogP) is 5.26. The van der Waals surface area contributed by atoms with Crippen LogP contribution >= 0.6 is 15.9 Å². The number of halogens is 1. The van der Waals surface area contributed by atoms with Crippen molar-refractivity contribution in [1.82, 2.24) is 10.2 Å². The van der Waals surface area contributed by atoms with Gasteiger partial charge in [-0.15, -0.1) is 0 Å². The van der Waals surface area contributed by atoms with Crippen LogP contribution in [0.1, 0.15) is 64.4 Å². The molecule has 0 saturated heterocycles. The standard InChI is InChI=1S/C29H40BrN3O5S/c1-4-38-27-17-9-8-16-26(27)33(39(3,36)37)19-11-18-28(34)32(21-23-12-10-13-24(30)20-23)22(2)29(35)31-25-14-6-5-7-15-25/h8-10,12-13,16-17,20,22,25H,4-7,11,14-15,18-19,21H2,1-3H3,(H,31,35)/t22-/m1/s1. The van der Waals surface area contributed by atoms with E-state index in [9.17, 15) is 18.0 Å². The summed E-state index contributed by atoms with van der Waals surface area (Å²) in [6, 6.07) is 14.1. The van der Waals surface area contributed by atoms with Gasteiger partial charge in [-0.1, -0.05) is 59.5 Å². The van der Waals surface area contributed by atoms with Crippen LogP contribution in [0.5, 0.6) is 5.75 Å². The Kier molecular flexibility index (Phi) is 11.7. The van der Waals surface area contributed by atoms with Crippen LogP contribution in [0.3, 0.4) is 0 Å². The average Bonchev–Trinajstić information content (AvgIpc) is 2.90. The summed E-state index contributed by atoms with van der Waals surface area (Å²) in [5, 5.41) is 3.14. The average molecular weight is 623 g/mol. The van der Waals surface area contributed by atoms with Crippen molar-refractivity contribution in [2.45, 2.75) is 77.4 Å². The van der Waals surface area contributed by atoms with Crippen molar-refractivity contribution in [1.29, 1.82) is 0 Å². The number of rotatable bonds is 13. The van der Waals surface area contributed by atoms with Gasteiger partial charge in [-0.3, -0.25) is 13.9 Å². The van der Waals surface area contributed by atoms with Crippen LogP contribution in [-0.4, -0.2) is 56.6 Å². The zero-order valence-corrected chi connectivity index (χ0v) is 25.5. The molecule has 39 heavy (non-hydrogen) atoms. The van der Waals surface area contributed by atoms with Crippen LogP contribution in [0.2, 0.25) is 0 Å². The molecule has 2 aromatic carbocycles. The second-order valence-corrected chi connectivity index (χ2v) is 12.8. The number of anilines is 1. The van der Waals surface area contributed by atoms with Gasteiger partial charge in [-0.2, -0.15) is 0 Å². The zero-order valence-electron chi connectivity index (χ0n) is 23.1. The molecule has 8 nitrogen and oxygen atoms in total. The highest BCUT2D eigenvalue weighted by molar-refractivity contribution is 9.10. The molecule has 1 aliphatic carbocycles. The SMILES string of the molecule is CCOc1ccccc1N(CCCC(=O)N(Cc1cccc(Br)c1)[C@H](C)C(=O)NC1CCCCC1)S(C)(=O)=O. The van der Waals surface area contributed by atoms with Gasteiger partial charge in [0.05, 0.1) is 18.6 Å². The Morgan fingerprint density at radius 1 is 1.10 bits per heavy atom. The Morgan fingerprint density at radius 2 is 1.82 bits per heavy atom. The molecule has 214 valence electrons. The van der Waals surface area contributed by atoms with Crippen LogP contribution in [-0.2, 0) is 26.2 Å². The fourth-order valence-corrected chi connectivity index (χ4v) is 6.32. The van der Waals surface area contributed by atoms with Crippen LogP contribution < -0.4 is 14.4 Å². The van der Waals surface area contributed by atoms with E-state index in [-0.39, 0.29) is 43.8 Å². The van der Waals surface area contributed by atoms with E-state index < -0.39 is 16.1 Å². The minimum atomic E-state index is -3.62. The summed E-state index contributed by atoms with van der Waals surface area (Å²) in [6.45, 7) is 4.39. The van der Waals surface area contributed by atoms with E-state index in [1.54, 1.807) is 36.1 Å². The highest BCUT2D eigenvalue weighted by Gasteiger charge is 2.29. The molecule has 1 fully saturated rings. The maximum absolute atomic E-state index is 13.5. The quantitative estimate of drug-likeness (QED) is 0.329. The number of hydrogen-bond acceptors (Lipinski definition) is 5. The molecule has 0 aromatic heterocycles. The van der Waals surface area contributed by atoms with E-state index in [4.69, 9.17) is 4.74 Å². The van der Waals surface area contributed by atoms with E-state index in [0.717, 1.165) is 42.0 Å². The van der Waals surface area contributed by atoms with Crippen LogP contribution in [0.25, 0.3) is 0 Å². The lowest BCUT2D eigenvalue weighted by Crippen LogP contribution is -2.50. The fourth-order valence-electron chi connectivity index (χ4n) is 4.91. The molecular weight excluding hydrogens is 582 g/mol. The molecule has 1 saturated carbocycles. The number of carbonyl (C=O) groups is 2. The topological polar surface area (TPSA) is 96.0 Å². The van der Waals surface area contributed by atoms with Gasteiger partial charge in [0.1, 0.15) is 11.8 Å².